The van der Waals surface area contributed by atoms with Gasteiger partial charge in [0.25, 0.3) is 0 Å². The van der Waals surface area contributed by atoms with Gasteiger partial charge in [-0.15, -0.1) is 0 Å². The molecule has 0 saturated heterocycles. The lowest BCUT2D eigenvalue weighted by molar-refractivity contribution is 0.116. The average molecular weight is 192 g/mol. The van der Waals surface area contributed by atoms with E-state index in [1.54, 1.807) is 12.4 Å². The summed E-state index contributed by atoms with van der Waals surface area (Å²) in [6, 6.07) is 4.08. The van der Waals surface area contributed by atoms with Gasteiger partial charge in [0.2, 0.25) is 0 Å². The van der Waals surface area contributed by atoms with Crippen molar-refractivity contribution < 1.29 is 5.11 Å². The van der Waals surface area contributed by atoms with E-state index in [1.165, 1.54) is 6.42 Å². The van der Waals surface area contributed by atoms with Gasteiger partial charge in [0.05, 0.1) is 17.8 Å². The Labute approximate surface area is 84.2 Å². The van der Waals surface area contributed by atoms with E-state index in [9.17, 15) is 5.11 Å². The van der Waals surface area contributed by atoms with Gasteiger partial charge >= 0.3 is 0 Å². The Kier molecular flexibility index (Phi) is 2.99. The number of hydrogen-bond donors (Lipinski definition) is 2. The zero-order valence-corrected chi connectivity index (χ0v) is 8.19. The molecule has 0 amide bonds. The fraction of sp³-hybridized carbons (Fsp3) is 0.545. The molecule has 2 atom stereocenters. The van der Waals surface area contributed by atoms with Gasteiger partial charge in [0.15, 0.2) is 0 Å². The number of rotatable bonds is 2. The van der Waals surface area contributed by atoms with Crippen molar-refractivity contribution >= 4 is 5.69 Å². The standard InChI is InChI=1S/C11H16N2O/c14-11-6-2-1-5-10(11)13-9-4-3-7-12-8-9/h3-4,7-8,10-11,13-14H,1-2,5-6H2/t10-,11-/m0/s1. The lowest BCUT2D eigenvalue weighted by Crippen LogP contribution is -2.36. The zero-order valence-electron chi connectivity index (χ0n) is 8.19. The summed E-state index contributed by atoms with van der Waals surface area (Å²) in [6.07, 6.45) is 7.66. The summed E-state index contributed by atoms with van der Waals surface area (Å²) < 4.78 is 0. The van der Waals surface area contributed by atoms with Crippen LogP contribution in [0.1, 0.15) is 25.7 Å². The molecule has 0 unspecified atom stereocenters. The van der Waals surface area contributed by atoms with Crippen LogP contribution in [0, 0.1) is 0 Å². The van der Waals surface area contributed by atoms with Gasteiger partial charge in [-0.2, -0.15) is 0 Å². The molecule has 14 heavy (non-hydrogen) atoms. The van der Waals surface area contributed by atoms with Crippen molar-refractivity contribution in [2.24, 2.45) is 0 Å². The van der Waals surface area contributed by atoms with E-state index < -0.39 is 0 Å². The normalized spacial score (nSPS) is 27.2. The lowest BCUT2D eigenvalue weighted by atomic mass is 9.92. The Morgan fingerprint density at radius 1 is 1.36 bits per heavy atom. The SMILES string of the molecule is O[C@H]1CCCC[C@@H]1Nc1cccnc1. The first-order chi connectivity index (χ1) is 6.86. The van der Waals surface area contributed by atoms with Gasteiger partial charge in [0.1, 0.15) is 0 Å². The summed E-state index contributed by atoms with van der Waals surface area (Å²) in [5.41, 5.74) is 0.999. The van der Waals surface area contributed by atoms with Crippen molar-refractivity contribution in [1.82, 2.24) is 4.98 Å². The molecule has 1 saturated carbocycles. The van der Waals surface area contributed by atoms with Crippen molar-refractivity contribution in [1.29, 1.82) is 0 Å². The van der Waals surface area contributed by atoms with E-state index >= 15 is 0 Å². The molecule has 1 aromatic heterocycles. The molecule has 3 nitrogen and oxygen atoms in total. The minimum absolute atomic E-state index is 0.202. The van der Waals surface area contributed by atoms with Crippen LogP contribution in [0.4, 0.5) is 5.69 Å². The molecule has 0 aromatic carbocycles. The van der Waals surface area contributed by atoms with E-state index in [2.05, 4.69) is 10.3 Å². The van der Waals surface area contributed by atoms with Crippen LogP contribution < -0.4 is 5.32 Å². The van der Waals surface area contributed by atoms with Gasteiger partial charge in [-0.05, 0) is 25.0 Å². The molecule has 1 aliphatic carbocycles. The first-order valence-electron chi connectivity index (χ1n) is 5.21. The van der Waals surface area contributed by atoms with Crippen LogP contribution >= 0.6 is 0 Å². The zero-order chi connectivity index (χ0) is 9.80. The van der Waals surface area contributed by atoms with Crippen molar-refractivity contribution in [2.45, 2.75) is 37.8 Å². The fourth-order valence-electron chi connectivity index (χ4n) is 1.94. The average Bonchev–Trinajstić information content (AvgIpc) is 2.23. The van der Waals surface area contributed by atoms with Crippen LogP contribution in [-0.4, -0.2) is 22.2 Å². The predicted molar refractivity (Wildman–Crippen MR) is 56.1 cm³/mol. The van der Waals surface area contributed by atoms with Crippen molar-refractivity contribution in [3.63, 3.8) is 0 Å². The van der Waals surface area contributed by atoms with Gasteiger partial charge in [-0.1, -0.05) is 12.8 Å². The van der Waals surface area contributed by atoms with Crippen LogP contribution in [0.2, 0.25) is 0 Å². The highest BCUT2D eigenvalue weighted by molar-refractivity contribution is 5.41. The van der Waals surface area contributed by atoms with Crippen molar-refractivity contribution in [2.75, 3.05) is 5.32 Å². The number of aliphatic hydroxyl groups excluding tert-OH is 1. The number of anilines is 1. The Morgan fingerprint density at radius 2 is 2.21 bits per heavy atom. The Bertz CT molecular complexity index is 276. The maximum atomic E-state index is 9.75. The second kappa shape index (κ2) is 4.42. The third-order valence-electron chi connectivity index (χ3n) is 2.74. The van der Waals surface area contributed by atoms with Crippen LogP contribution in [0.5, 0.6) is 0 Å². The quantitative estimate of drug-likeness (QED) is 0.751. The number of hydrogen-bond acceptors (Lipinski definition) is 3. The largest absolute Gasteiger partial charge is 0.391 e. The first kappa shape index (κ1) is 9.46. The summed E-state index contributed by atoms with van der Waals surface area (Å²) in [4.78, 5) is 4.03. The third-order valence-corrected chi connectivity index (χ3v) is 2.74. The number of pyridine rings is 1. The molecule has 1 fully saturated rings. The van der Waals surface area contributed by atoms with E-state index in [0.29, 0.717) is 0 Å². The smallest absolute Gasteiger partial charge is 0.0741 e. The molecule has 0 radical (unpaired) electrons. The molecule has 1 aliphatic rings. The van der Waals surface area contributed by atoms with E-state index in [1.807, 2.05) is 12.1 Å². The van der Waals surface area contributed by atoms with Crippen LogP contribution in [0.25, 0.3) is 0 Å². The monoisotopic (exact) mass is 192 g/mol. The highest BCUT2D eigenvalue weighted by atomic mass is 16.3. The van der Waals surface area contributed by atoms with Gasteiger partial charge in [-0.3, -0.25) is 4.98 Å². The Morgan fingerprint density at radius 3 is 2.93 bits per heavy atom. The maximum absolute atomic E-state index is 9.75. The summed E-state index contributed by atoms with van der Waals surface area (Å²) in [5.74, 6) is 0. The highest BCUT2D eigenvalue weighted by Gasteiger charge is 2.22. The Balaban J connectivity index is 1.96. The van der Waals surface area contributed by atoms with Crippen LogP contribution in [0.15, 0.2) is 24.5 Å². The molecule has 1 aromatic rings. The molecule has 3 heteroatoms. The summed E-state index contributed by atoms with van der Waals surface area (Å²) in [7, 11) is 0. The molecule has 76 valence electrons. The maximum Gasteiger partial charge on any atom is 0.0741 e. The van der Waals surface area contributed by atoms with E-state index in [4.69, 9.17) is 0 Å². The summed E-state index contributed by atoms with van der Waals surface area (Å²) in [5, 5.41) is 13.1. The molecule has 0 aliphatic heterocycles. The van der Waals surface area contributed by atoms with Gasteiger partial charge in [-0.25, -0.2) is 0 Å². The third kappa shape index (κ3) is 2.23. The number of nitrogens with one attached hydrogen (secondary N) is 1. The second-order valence-corrected chi connectivity index (χ2v) is 3.84. The fourth-order valence-corrected chi connectivity index (χ4v) is 1.94. The summed E-state index contributed by atoms with van der Waals surface area (Å²) in [6.45, 7) is 0. The van der Waals surface area contributed by atoms with Gasteiger partial charge in [0, 0.05) is 12.4 Å². The second-order valence-electron chi connectivity index (χ2n) is 3.84. The molecule has 2 N–H and O–H groups in total. The number of nitrogens with zero attached hydrogens (tertiary/aromatic N) is 1. The highest BCUT2D eigenvalue weighted by Crippen LogP contribution is 2.21. The predicted octanol–water partition coefficient (Wildman–Crippen LogP) is 1.80. The molecule has 2 rings (SSSR count). The molecular weight excluding hydrogens is 176 g/mol. The molecule has 0 bridgehead atoms. The van der Waals surface area contributed by atoms with Crippen LogP contribution in [0.3, 0.4) is 0 Å². The summed E-state index contributed by atoms with van der Waals surface area (Å²) >= 11 is 0. The van der Waals surface area contributed by atoms with E-state index in [0.717, 1.165) is 24.9 Å². The topological polar surface area (TPSA) is 45.1 Å². The van der Waals surface area contributed by atoms with Crippen molar-refractivity contribution in [3.05, 3.63) is 24.5 Å². The van der Waals surface area contributed by atoms with Crippen molar-refractivity contribution in [3.8, 4) is 0 Å². The van der Waals surface area contributed by atoms with Gasteiger partial charge < -0.3 is 10.4 Å². The molecular formula is C11H16N2O. The van der Waals surface area contributed by atoms with Crippen LogP contribution in [-0.2, 0) is 0 Å². The first-order valence-corrected chi connectivity index (χ1v) is 5.21. The van der Waals surface area contributed by atoms with E-state index in [-0.39, 0.29) is 12.1 Å². The number of aromatic nitrogens is 1. The lowest BCUT2D eigenvalue weighted by Gasteiger charge is -2.28. The minimum atomic E-state index is -0.205. The molecule has 0 spiro atoms. The Hall–Kier alpha value is -1.09. The number of aliphatic hydroxyl groups is 1. The molecule has 1 heterocycles. The minimum Gasteiger partial charge on any atom is -0.391 e.